The summed E-state index contributed by atoms with van der Waals surface area (Å²) >= 11 is 2.56. The third-order valence-corrected chi connectivity index (χ3v) is 7.02. The molecule has 2 aliphatic heterocycles. The van der Waals surface area contributed by atoms with Gasteiger partial charge in [0.15, 0.2) is 5.16 Å². The number of nitrogen functional groups attached to an aromatic ring is 1. The molecule has 2 saturated heterocycles. The summed E-state index contributed by atoms with van der Waals surface area (Å²) in [5.74, 6) is 0.721. The van der Waals surface area contributed by atoms with Crippen molar-refractivity contribution < 1.29 is 14.3 Å². The fourth-order valence-electron chi connectivity index (χ4n) is 3.64. The average Bonchev–Trinajstić information content (AvgIpc) is 3.46. The van der Waals surface area contributed by atoms with E-state index in [1.54, 1.807) is 0 Å². The molecule has 0 aliphatic carbocycles. The number of amides is 1. The quantitative estimate of drug-likeness (QED) is 0.446. The van der Waals surface area contributed by atoms with Crippen molar-refractivity contribution in [2.75, 3.05) is 49.7 Å². The molecule has 8 nitrogen and oxygen atoms in total. The molecular weight excluding hydrogens is 398 g/mol. The molecule has 2 aliphatic rings. The van der Waals surface area contributed by atoms with Crippen molar-refractivity contribution in [3.63, 3.8) is 0 Å². The summed E-state index contributed by atoms with van der Waals surface area (Å²) in [6.45, 7) is 3.46. The van der Waals surface area contributed by atoms with Crippen LogP contribution in [0.3, 0.4) is 0 Å². The van der Waals surface area contributed by atoms with E-state index in [2.05, 4.69) is 9.88 Å². The van der Waals surface area contributed by atoms with Gasteiger partial charge >= 0.3 is 5.97 Å². The minimum atomic E-state index is -0.466. The van der Waals surface area contributed by atoms with Crippen LogP contribution < -0.4 is 10.6 Å². The Bertz CT molecular complexity index is 904. The Kier molecular flexibility index (Phi) is 5.58. The Hall–Kier alpha value is -2.07. The molecule has 2 N–H and O–H groups in total. The van der Waals surface area contributed by atoms with Crippen LogP contribution in [-0.2, 0) is 9.53 Å². The van der Waals surface area contributed by atoms with Gasteiger partial charge in [0.05, 0.1) is 23.9 Å². The van der Waals surface area contributed by atoms with Crippen molar-refractivity contribution in [3.05, 3.63) is 4.88 Å². The number of anilines is 2. The number of carbonyl (C=O) groups is 2. The van der Waals surface area contributed by atoms with Crippen molar-refractivity contribution in [1.29, 1.82) is 0 Å². The first-order valence-electron chi connectivity index (χ1n) is 9.42. The number of nitrogens with zero attached hydrogens (tertiary/aromatic N) is 4. The lowest BCUT2D eigenvalue weighted by molar-refractivity contribution is -0.127. The minimum absolute atomic E-state index is 0.120. The number of esters is 1. The predicted molar refractivity (Wildman–Crippen MR) is 111 cm³/mol. The molecule has 0 unspecified atom stereocenters. The zero-order valence-corrected chi connectivity index (χ0v) is 17.4. The van der Waals surface area contributed by atoms with Crippen molar-refractivity contribution in [2.45, 2.75) is 30.8 Å². The summed E-state index contributed by atoms with van der Waals surface area (Å²) in [6, 6.07) is 0. The number of methoxy groups -OCH3 is 1. The largest absolute Gasteiger partial charge is 0.465 e. The molecule has 0 aromatic carbocycles. The van der Waals surface area contributed by atoms with Gasteiger partial charge < -0.3 is 20.3 Å². The van der Waals surface area contributed by atoms with Gasteiger partial charge in [0.1, 0.15) is 15.5 Å². The first-order valence-corrected chi connectivity index (χ1v) is 11.2. The second-order valence-electron chi connectivity index (χ2n) is 6.92. The Morgan fingerprint density at radius 3 is 2.50 bits per heavy atom. The smallest absolute Gasteiger partial charge is 0.350 e. The maximum Gasteiger partial charge on any atom is 0.350 e. The average molecular weight is 422 g/mol. The first kappa shape index (κ1) is 19.3. The van der Waals surface area contributed by atoms with Gasteiger partial charge in [-0.15, -0.1) is 11.3 Å². The second-order valence-corrected chi connectivity index (χ2v) is 8.86. The lowest BCUT2D eigenvalue weighted by atomic mass is 10.2. The van der Waals surface area contributed by atoms with Crippen LogP contribution in [0.25, 0.3) is 10.2 Å². The van der Waals surface area contributed by atoms with E-state index in [0.717, 1.165) is 57.7 Å². The molecule has 0 atom stereocenters. The highest BCUT2D eigenvalue weighted by molar-refractivity contribution is 7.99. The van der Waals surface area contributed by atoms with Crippen LogP contribution in [0.2, 0.25) is 0 Å². The fourth-order valence-corrected chi connectivity index (χ4v) is 5.44. The summed E-state index contributed by atoms with van der Waals surface area (Å²) in [7, 11) is 1.34. The van der Waals surface area contributed by atoms with Crippen LogP contribution in [0.5, 0.6) is 0 Å². The van der Waals surface area contributed by atoms with E-state index < -0.39 is 5.97 Å². The van der Waals surface area contributed by atoms with Crippen molar-refractivity contribution in [2.24, 2.45) is 0 Å². The fraction of sp³-hybridized carbons (Fsp3) is 0.556. The number of hydrogen-bond donors (Lipinski definition) is 1. The van der Waals surface area contributed by atoms with E-state index in [1.165, 1.54) is 30.2 Å². The summed E-state index contributed by atoms with van der Waals surface area (Å²) in [4.78, 5) is 38.8. The molecule has 0 saturated carbocycles. The molecule has 0 bridgehead atoms. The molecule has 2 aromatic heterocycles. The van der Waals surface area contributed by atoms with Gasteiger partial charge in [-0.05, 0) is 25.7 Å². The Balaban J connectivity index is 1.67. The van der Waals surface area contributed by atoms with Crippen LogP contribution in [-0.4, -0.2) is 65.8 Å². The van der Waals surface area contributed by atoms with E-state index in [1.807, 2.05) is 4.90 Å². The highest BCUT2D eigenvalue weighted by Gasteiger charge is 2.26. The molecule has 150 valence electrons. The third-order valence-electron chi connectivity index (χ3n) is 5.11. The molecule has 0 radical (unpaired) electrons. The maximum atomic E-state index is 12.4. The van der Waals surface area contributed by atoms with Crippen LogP contribution >= 0.6 is 23.1 Å². The van der Waals surface area contributed by atoms with E-state index in [0.29, 0.717) is 31.7 Å². The number of rotatable bonds is 5. The Labute approximate surface area is 171 Å². The van der Waals surface area contributed by atoms with Gasteiger partial charge in [0, 0.05) is 26.2 Å². The number of thioether (sulfide) groups is 1. The van der Waals surface area contributed by atoms with Gasteiger partial charge in [-0.3, -0.25) is 4.79 Å². The van der Waals surface area contributed by atoms with E-state index in [4.69, 9.17) is 15.5 Å². The first-order chi connectivity index (χ1) is 13.6. The van der Waals surface area contributed by atoms with Crippen LogP contribution in [0.15, 0.2) is 5.16 Å². The van der Waals surface area contributed by atoms with E-state index in [9.17, 15) is 9.59 Å². The normalized spacial score (nSPS) is 16.9. The van der Waals surface area contributed by atoms with Crippen LogP contribution in [0, 0.1) is 0 Å². The van der Waals surface area contributed by atoms with Crippen LogP contribution in [0.1, 0.15) is 35.4 Å². The van der Waals surface area contributed by atoms with Crippen molar-refractivity contribution in [3.8, 4) is 0 Å². The molecule has 4 rings (SSSR count). The van der Waals surface area contributed by atoms with Crippen LogP contribution in [0.4, 0.5) is 11.5 Å². The number of fused-ring (bicyclic) bond motifs is 1. The van der Waals surface area contributed by atoms with Crippen molar-refractivity contribution in [1.82, 2.24) is 14.9 Å². The molecular formula is C18H23N5O3S2. The van der Waals surface area contributed by atoms with Gasteiger partial charge in [0.25, 0.3) is 0 Å². The summed E-state index contributed by atoms with van der Waals surface area (Å²) < 4.78 is 4.85. The minimum Gasteiger partial charge on any atom is -0.465 e. The summed E-state index contributed by atoms with van der Waals surface area (Å²) in [5, 5.41) is 1.25. The topological polar surface area (TPSA) is 102 Å². The number of carbonyl (C=O) groups excluding carboxylic acids is 2. The Morgan fingerprint density at radius 1 is 1.14 bits per heavy atom. The van der Waals surface area contributed by atoms with Crippen molar-refractivity contribution >= 4 is 56.7 Å². The lowest BCUT2D eigenvalue weighted by Crippen LogP contribution is -2.29. The molecule has 1 amide bonds. The standard InChI is InChI=1S/C18H23N5O3S2/c1-26-17(25)14-13(19)12-15(23-8-4-5-9-23)20-18(21-16(12)28-14)27-10-11(24)22-6-2-3-7-22/h2-10,19H2,1H3. The number of ether oxygens (including phenoxy) is 1. The molecule has 4 heterocycles. The number of nitrogens with two attached hydrogens (primary N) is 1. The third kappa shape index (κ3) is 3.62. The van der Waals surface area contributed by atoms with Gasteiger partial charge in [-0.25, -0.2) is 14.8 Å². The highest BCUT2D eigenvalue weighted by atomic mass is 32.2. The zero-order chi connectivity index (χ0) is 19.7. The molecule has 2 fully saturated rings. The number of likely N-dealkylation sites (tertiary alicyclic amines) is 1. The molecule has 28 heavy (non-hydrogen) atoms. The molecule has 2 aromatic rings. The monoisotopic (exact) mass is 421 g/mol. The van der Waals surface area contributed by atoms with Gasteiger partial charge in [0.2, 0.25) is 5.91 Å². The lowest BCUT2D eigenvalue weighted by Gasteiger charge is -2.18. The second kappa shape index (κ2) is 8.12. The summed E-state index contributed by atoms with van der Waals surface area (Å²) in [6.07, 6.45) is 4.33. The Morgan fingerprint density at radius 2 is 1.82 bits per heavy atom. The molecule has 10 heteroatoms. The maximum absolute atomic E-state index is 12.4. The summed E-state index contributed by atoms with van der Waals surface area (Å²) in [5.41, 5.74) is 6.65. The highest BCUT2D eigenvalue weighted by Crippen LogP contribution is 2.40. The van der Waals surface area contributed by atoms with Gasteiger partial charge in [-0.2, -0.15) is 0 Å². The number of thiophene rings is 1. The molecule has 0 spiro atoms. The number of hydrogen-bond acceptors (Lipinski definition) is 9. The van der Waals surface area contributed by atoms with Gasteiger partial charge in [-0.1, -0.05) is 11.8 Å². The SMILES string of the molecule is COC(=O)c1sc2nc(SCC(=O)N3CCCC3)nc(N3CCCC3)c2c1N. The zero-order valence-electron chi connectivity index (χ0n) is 15.8. The van der Waals surface area contributed by atoms with E-state index in [-0.39, 0.29) is 5.91 Å². The predicted octanol–water partition coefficient (Wildman–Crippen LogP) is 2.37. The van der Waals surface area contributed by atoms with E-state index >= 15 is 0 Å². The number of aromatic nitrogens is 2.